The SMILES string of the molecule is CCNc1ccc(C(=O)NC(CC)CC)cc1. The van der Waals surface area contributed by atoms with Crippen molar-refractivity contribution >= 4 is 11.6 Å². The monoisotopic (exact) mass is 234 g/mol. The van der Waals surface area contributed by atoms with Crippen LogP contribution in [0.15, 0.2) is 24.3 Å². The topological polar surface area (TPSA) is 41.1 Å². The number of carbonyl (C=O) groups is 1. The largest absolute Gasteiger partial charge is 0.385 e. The van der Waals surface area contributed by atoms with Gasteiger partial charge in [-0.15, -0.1) is 0 Å². The number of nitrogens with one attached hydrogen (secondary N) is 2. The highest BCUT2D eigenvalue weighted by molar-refractivity contribution is 5.94. The maximum absolute atomic E-state index is 11.9. The van der Waals surface area contributed by atoms with Gasteiger partial charge in [-0.25, -0.2) is 0 Å². The Balaban J connectivity index is 2.63. The van der Waals surface area contributed by atoms with Crippen molar-refractivity contribution in [1.29, 1.82) is 0 Å². The zero-order valence-electron chi connectivity index (χ0n) is 10.9. The lowest BCUT2D eigenvalue weighted by atomic mass is 10.1. The smallest absolute Gasteiger partial charge is 0.251 e. The number of rotatable bonds is 6. The molecule has 0 fully saturated rings. The zero-order valence-corrected chi connectivity index (χ0v) is 10.9. The third-order valence-electron chi connectivity index (χ3n) is 2.85. The van der Waals surface area contributed by atoms with Crippen LogP contribution in [0.1, 0.15) is 44.0 Å². The maximum atomic E-state index is 11.9. The van der Waals surface area contributed by atoms with Gasteiger partial charge >= 0.3 is 0 Å². The van der Waals surface area contributed by atoms with Crippen LogP contribution in [0.4, 0.5) is 5.69 Å². The molecule has 1 aromatic rings. The summed E-state index contributed by atoms with van der Waals surface area (Å²) in [7, 11) is 0. The van der Waals surface area contributed by atoms with Gasteiger partial charge in [-0.05, 0) is 44.0 Å². The molecular formula is C14H22N2O. The Kier molecular flexibility index (Phi) is 5.53. The number of amides is 1. The lowest BCUT2D eigenvalue weighted by Gasteiger charge is -2.14. The molecular weight excluding hydrogens is 212 g/mol. The van der Waals surface area contributed by atoms with Crippen LogP contribution < -0.4 is 10.6 Å². The summed E-state index contributed by atoms with van der Waals surface area (Å²) >= 11 is 0. The third-order valence-corrected chi connectivity index (χ3v) is 2.85. The second-order valence-corrected chi connectivity index (χ2v) is 4.09. The molecule has 0 aliphatic heterocycles. The minimum Gasteiger partial charge on any atom is -0.385 e. The fourth-order valence-corrected chi connectivity index (χ4v) is 1.71. The number of hydrogen-bond donors (Lipinski definition) is 2. The van der Waals surface area contributed by atoms with Crippen molar-refractivity contribution < 1.29 is 4.79 Å². The summed E-state index contributed by atoms with van der Waals surface area (Å²) in [5.41, 5.74) is 1.77. The first-order valence-electron chi connectivity index (χ1n) is 6.36. The van der Waals surface area contributed by atoms with Crippen molar-refractivity contribution in [3.8, 4) is 0 Å². The van der Waals surface area contributed by atoms with E-state index in [2.05, 4.69) is 24.5 Å². The van der Waals surface area contributed by atoms with E-state index in [1.54, 1.807) is 0 Å². The van der Waals surface area contributed by atoms with Crippen LogP contribution in [-0.4, -0.2) is 18.5 Å². The molecule has 1 rings (SSSR count). The molecule has 0 aliphatic carbocycles. The Hall–Kier alpha value is -1.51. The Labute approximate surface area is 104 Å². The second-order valence-electron chi connectivity index (χ2n) is 4.09. The van der Waals surface area contributed by atoms with E-state index >= 15 is 0 Å². The predicted molar refractivity (Wildman–Crippen MR) is 72.4 cm³/mol. The summed E-state index contributed by atoms with van der Waals surface area (Å²) in [4.78, 5) is 11.9. The van der Waals surface area contributed by atoms with Crippen LogP contribution in [0, 0.1) is 0 Å². The molecule has 0 aromatic heterocycles. The van der Waals surface area contributed by atoms with E-state index < -0.39 is 0 Å². The number of carbonyl (C=O) groups excluding carboxylic acids is 1. The van der Waals surface area contributed by atoms with Gasteiger partial charge in [0, 0.05) is 23.8 Å². The van der Waals surface area contributed by atoms with E-state index in [0.29, 0.717) is 0 Å². The van der Waals surface area contributed by atoms with Gasteiger partial charge in [0.1, 0.15) is 0 Å². The number of hydrogen-bond acceptors (Lipinski definition) is 2. The van der Waals surface area contributed by atoms with E-state index in [1.807, 2.05) is 31.2 Å². The fourth-order valence-electron chi connectivity index (χ4n) is 1.71. The van der Waals surface area contributed by atoms with Crippen LogP contribution in [0.2, 0.25) is 0 Å². The lowest BCUT2D eigenvalue weighted by molar-refractivity contribution is 0.0935. The molecule has 3 nitrogen and oxygen atoms in total. The van der Waals surface area contributed by atoms with E-state index in [9.17, 15) is 4.79 Å². The Morgan fingerprint density at radius 3 is 2.18 bits per heavy atom. The first kappa shape index (κ1) is 13.6. The van der Waals surface area contributed by atoms with Crippen molar-refractivity contribution in [3.05, 3.63) is 29.8 Å². The van der Waals surface area contributed by atoms with Gasteiger partial charge in [-0.2, -0.15) is 0 Å². The average Bonchev–Trinajstić information content (AvgIpc) is 2.37. The van der Waals surface area contributed by atoms with Crippen LogP contribution in [0.3, 0.4) is 0 Å². The van der Waals surface area contributed by atoms with Gasteiger partial charge in [0.2, 0.25) is 0 Å². The standard InChI is InChI=1S/C14H22N2O/c1-4-12(5-2)16-14(17)11-7-9-13(10-8-11)15-6-3/h7-10,12,15H,4-6H2,1-3H3,(H,16,17). The third kappa shape index (κ3) is 4.10. The molecule has 1 amide bonds. The minimum absolute atomic E-state index is 0.0155. The number of anilines is 1. The van der Waals surface area contributed by atoms with Crippen LogP contribution in [0.5, 0.6) is 0 Å². The second kappa shape index (κ2) is 6.94. The molecule has 0 saturated heterocycles. The summed E-state index contributed by atoms with van der Waals surface area (Å²) < 4.78 is 0. The molecule has 0 spiro atoms. The summed E-state index contributed by atoms with van der Waals surface area (Å²) in [6, 6.07) is 7.86. The van der Waals surface area contributed by atoms with Crippen LogP contribution in [-0.2, 0) is 0 Å². The van der Waals surface area contributed by atoms with Crippen molar-refractivity contribution in [2.24, 2.45) is 0 Å². The van der Waals surface area contributed by atoms with Gasteiger partial charge in [-0.3, -0.25) is 4.79 Å². The Morgan fingerprint density at radius 1 is 1.12 bits per heavy atom. The van der Waals surface area contributed by atoms with E-state index in [1.165, 1.54) is 0 Å². The van der Waals surface area contributed by atoms with Gasteiger partial charge in [0.05, 0.1) is 0 Å². The Morgan fingerprint density at radius 2 is 1.71 bits per heavy atom. The summed E-state index contributed by atoms with van der Waals surface area (Å²) in [6.07, 6.45) is 1.94. The summed E-state index contributed by atoms with van der Waals surface area (Å²) in [5, 5.41) is 6.23. The minimum atomic E-state index is 0.0155. The lowest BCUT2D eigenvalue weighted by Crippen LogP contribution is -2.33. The highest BCUT2D eigenvalue weighted by atomic mass is 16.1. The highest BCUT2D eigenvalue weighted by Gasteiger charge is 2.09. The van der Waals surface area contributed by atoms with E-state index in [4.69, 9.17) is 0 Å². The van der Waals surface area contributed by atoms with Crippen LogP contribution >= 0.6 is 0 Å². The molecule has 94 valence electrons. The van der Waals surface area contributed by atoms with Crippen LogP contribution in [0.25, 0.3) is 0 Å². The molecule has 0 bridgehead atoms. The van der Waals surface area contributed by atoms with E-state index in [-0.39, 0.29) is 11.9 Å². The number of benzene rings is 1. The highest BCUT2D eigenvalue weighted by Crippen LogP contribution is 2.09. The average molecular weight is 234 g/mol. The van der Waals surface area contributed by atoms with Crippen molar-refractivity contribution in [3.63, 3.8) is 0 Å². The summed E-state index contributed by atoms with van der Waals surface area (Å²) in [6.45, 7) is 7.11. The molecule has 1 aromatic carbocycles. The van der Waals surface area contributed by atoms with E-state index in [0.717, 1.165) is 30.6 Å². The van der Waals surface area contributed by atoms with Gasteiger partial charge < -0.3 is 10.6 Å². The molecule has 0 saturated carbocycles. The first-order chi connectivity index (χ1) is 8.21. The molecule has 0 aliphatic rings. The van der Waals surface area contributed by atoms with Gasteiger partial charge in [0.25, 0.3) is 5.91 Å². The van der Waals surface area contributed by atoms with Crippen molar-refractivity contribution in [2.75, 3.05) is 11.9 Å². The van der Waals surface area contributed by atoms with Crippen molar-refractivity contribution in [1.82, 2.24) is 5.32 Å². The molecule has 17 heavy (non-hydrogen) atoms. The zero-order chi connectivity index (χ0) is 12.7. The summed E-state index contributed by atoms with van der Waals surface area (Å²) in [5.74, 6) is 0.0155. The molecule has 0 heterocycles. The molecule has 2 N–H and O–H groups in total. The van der Waals surface area contributed by atoms with Gasteiger partial charge in [-0.1, -0.05) is 13.8 Å². The predicted octanol–water partition coefficient (Wildman–Crippen LogP) is 3.04. The molecule has 0 unspecified atom stereocenters. The first-order valence-corrected chi connectivity index (χ1v) is 6.36. The van der Waals surface area contributed by atoms with Gasteiger partial charge in [0.15, 0.2) is 0 Å². The molecule has 0 radical (unpaired) electrons. The fraction of sp³-hybridized carbons (Fsp3) is 0.500. The molecule has 3 heteroatoms. The van der Waals surface area contributed by atoms with Crippen molar-refractivity contribution in [2.45, 2.75) is 39.7 Å². The quantitative estimate of drug-likeness (QED) is 0.794. The normalized spacial score (nSPS) is 10.4. The molecule has 0 atom stereocenters. The Bertz CT molecular complexity index is 342. The maximum Gasteiger partial charge on any atom is 0.251 e.